The van der Waals surface area contributed by atoms with Gasteiger partial charge in [0.05, 0.1) is 18.2 Å². The summed E-state index contributed by atoms with van der Waals surface area (Å²) in [6.07, 6.45) is -3.85. The molecule has 12 heteroatoms. The van der Waals surface area contributed by atoms with E-state index in [1.165, 1.54) is 24.3 Å². The molecular formula is C17H16F5N5O2. The lowest BCUT2D eigenvalue weighted by Crippen LogP contribution is -2.40. The van der Waals surface area contributed by atoms with Gasteiger partial charge in [0.25, 0.3) is 11.8 Å². The maximum Gasteiger partial charge on any atom is 0.417 e. The van der Waals surface area contributed by atoms with E-state index in [0.717, 1.165) is 0 Å². The summed E-state index contributed by atoms with van der Waals surface area (Å²) in [6, 6.07) is 2.05. The summed E-state index contributed by atoms with van der Waals surface area (Å²) >= 11 is 0. The molecule has 1 saturated heterocycles. The topological polar surface area (TPSA) is 80.2 Å². The van der Waals surface area contributed by atoms with Crippen molar-refractivity contribution in [2.24, 2.45) is 0 Å². The molecule has 0 saturated carbocycles. The zero-order valence-corrected chi connectivity index (χ0v) is 15.1. The number of amides is 1. The molecule has 2 aromatic heterocycles. The van der Waals surface area contributed by atoms with Gasteiger partial charge in [0, 0.05) is 44.4 Å². The summed E-state index contributed by atoms with van der Waals surface area (Å²) in [5, 5.41) is 2.28. The van der Waals surface area contributed by atoms with Crippen LogP contribution in [0.15, 0.2) is 24.5 Å². The second kappa shape index (κ2) is 7.76. The van der Waals surface area contributed by atoms with E-state index in [4.69, 9.17) is 4.74 Å². The number of nitrogens with one attached hydrogen (secondary N) is 1. The van der Waals surface area contributed by atoms with Gasteiger partial charge in [-0.1, -0.05) is 0 Å². The van der Waals surface area contributed by atoms with E-state index in [-0.39, 0.29) is 30.7 Å². The molecule has 3 heterocycles. The Morgan fingerprint density at radius 2 is 1.93 bits per heavy atom. The number of rotatable bonds is 4. The van der Waals surface area contributed by atoms with E-state index < -0.39 is 42.0 Å². The Balaban J connectivity index is 1.94. The van der Waals surface area contributed by atoms with E-state index in [0.29, 0.717) is 12.3 Å². The smallest absolute Gasteiger partial charge is 0.417 e. The average molecular weight is 417 g/mol. The number of carbonyl (C=O) groups is 1. The van der Waals surface area contributed by atoms with Gasteiger partial charge in [-0.15, -0.1) is 0 Å². The number of pyridine rings is 1. The fourth-order valence-corrected chi connectivity index (χ4v) is 2.76. The summed E-state index contributed by atoms with van der Waals surface area (Å²) < 4.78 is 71.1. The van der Waals surface area contributed by atoms with Crippen LogP contribution in [-0.2, 0) is 6.18 Å². The molecule has 0 bridgehead atoms. The molecule has 1 N–H and O–H groups in total. The largest absolute Gasteiger partial charge is 0.481 e. The Bertz CT molecular complexity index is 896. The number of nitrogens with zero attached hydrogens (tertiary/aromatic N) is 4. The van der Waals surface area contributed by atoms with Crippen LogP contribution in [0.4, 0.5) is 33.7 Å². The summed E-state index contributed by atoms with van der Waals surface area (Å²) in [4.78, 5) is 25.5. The first-order valence-electron chi connectivity index (χ1n) is 8.47. The highest BCUT2D eigenvalue weighted by Crippen LogP contribution is 2.34. The molecule has 0 aliphatic carbocycles. The van der Waals surface area contributed by atoms with Crippen molar-refractivity contribution in [1.82, 2.24) is 15.0 Å². The SMILES string of the molecule is COc1ccnc(NC(=O)c2cc(C(F)(F)F)cnc2N2CCC(F)(F)CC2)n1. The number of hydrogen-bond acceptors (Lipinski definition) is 6. The van der Waals surface area contributed by atoms with Crippen molar-refractivity contribution in [3.63, 3.8) is 0 Å². The molecule has 0 spiro atoms. The minimum atomic E-state index is -4.73. The number of aromatic nitrogens is 3. The van der Waals surface area contributed by atoms with E-state index in [9.17, 15) is 26.7 Å². The maximum atomic E-state index is 13.4. The number of alkyl halides is 5. The van der Waals surface area contributed by atoms with Crippen LogP contribution in [0.3, 0.4) is 0 Å². The number of carbonyl (C=O) groups excluding carboxylic acids is 1. The summed E-state index contributed by atoms with van der Waals surface area (Å²) in [5.74, 6) is -3.99. The lowest BCUT2D eigenvalue weighted by Gasteiger charge is -2.33. The molecule has 0 unspecified atom stereocenters. The van der Waals surface area contributed by atoms with Gasteiger partial charge in [-0.2, -0.15) is 18.2 Å². The molecule has 7 nitrogen and oxygen atoms in total. The monoisotopic (exact) mass is 417 g/mol. The summed E-state index contributed by atoms with van der Waals surface area (Å²) in [7, 11) is 1.34. The van der Waals surface area contributed by atoms with Crippen molar-refractivity contribution in [2.45, 2.75) is 24.9 Å². The zero-order valence-electron chi connectivity index (χ0n) is 15.1. The highest BCUT2D eigenvalue weighted by Gasteiger charge is 2.37. The van der Waals surface area contributed by atoms with Crippen molar-refractivity contribution in [3.05, 3.63) is 35.7 Å². The molecule has 156 valence electrons. The quantitative estimate of drug-likeness (QED) is 0.769. The second-order valence-corrected chi connectivity index (χ2v) is 6.31. The molecule has 0 atom stereocenters. The Labute approximate surface area is 161 Å². The van der Waals surface area contributed by atoms with Gasteiger partial charge in [-0.25, -0.2) is 18.7 Å². The van der Waals surface area contributed by atoms with Crippen molar-refractivity contribution in [1.29, 1.82) is 0 Å². The minimum Gasteiger partial charge on any atom is -0.481 e. The third kappa shape index (κ3) is 4.87. The first-order chi connectivity index (χ1) is 13.6. The van der Waals surface area contributed by atoms with Gasteiger partial charge in [0.2, 0.25) is 11.8 Å². The van der Waals surface area contributed by atoms with Gasteiger partial charge < -0.3 is 9.64 Å². The highest BCUT2D eigenvalue weighted by atomic mass is 19.4. The van der Waals surface area contributed by atoms with Crippen LogP contribution < -0.4 is 15.0 Å². The Morgan fingerprint density at radius 1 is 1.24 bits per heavy atom. The van der Waals surface area contributed by atoms with Crippen LogP contribution in [0.5, 0.6) is 5.88 Å². The van der Waals surface area contributed by atoms with Crippen LogP contribution >= 0.6 is 0 Å². The third-order valence-electron chi connectivity index (χ3n) is 4.30. The fraction of sp³-hybridized carbons (Fsp3) is 0.412. The Hall–Kier alpha value is -3.05. The van der Waals surface area contributed by atoms with Crippen LogP contribution in [0.2, 0.25) is 0 Å². The van der Waals surface area contributed by atoms with Crippen LogP contribution in [0, 0.1) is 0 Å². The number of hydrogen-bond donors (Lipinski definition) is 1. The number of methoxy groups -OCH3 is 1. The lowest BCUT2D eigenvalue weighted by atomic mass is 10.1. The van der Waals surface area contributed by atoms with E-state index in [1.54, 1.807) is 0 Å². The molecule has 1 aliphatic heterocycles. The first-order valence-corrected chi connectivity index (χ1v) is 8.47. The van der Waals surface area contributed by atoms with Crippen molar-refractivity contribution in [2.75, 3.05) is 30.4 Å². The molecule has 1 aliphatic rings. The van der Waals surface area contributed by atoms with Crippen LogP contribution in [0.25, 0.3) is 0 Å². The molecule has 0 radical (unpaired) electrons. The van der Waals surface area contributed by atoms with Gasteiger partial charge in [-0.3, -0.25) is 10.1 Å². The van der Waals surface area contributed by atoms with Gasteiger partial charge >= 0.3 is 6.18 Å². The minimum absolute atomic E-state index is 0.117. The standard InChI is InChI=1S/C17H16F5N5O2/c1-29-12-2-5-23-15(25-12)26-14(28)11-8-10(17(20,21)22)9-24-13(11)27-6-3-16(18,19)4-7-27/h2,5,8-9H,3-4,6-7H2,1H3,(H,23,25,26,28). The average Bonchev–Trinajstić information content (AvgIpc) is 2.67. The number of piperidine rings is 1. The number of anilines is 2. The Kier molecular flexibility index (Phi) is 5.53. The van der Waals surface area contributed by atoms with Crippen molar-refractivity contribution >= 4 is 17.7 Å². The molecular weight excluding hydrogens is 401 g/mol. The molecule has 29 heavy (non-hydrogen) atoms. The molecule has 1 amide bonds. The predicted molar refractivity (Wildman–Crippen MR) is 92.2 cm³/mol. The summed E-state index contributed by atoms with van der Waals surface area (Å²) in [5.41, 5.74) is -1.56. The first kappa shape index (κ1) is 20.7. The maximum absolute atomic E-state index is 13.4. The van der Waals surface area contributed by atoms with Gasteiger partial charge in [-0.05, 0) is 6.07 Å². The van der Waals surface area contributed by atoms with Crippen molar-refractivity contribution in [3.8, 4) is 5.88 Å². The summed E-state index contributed by atoms with van der Waals surface area (Å²) in [6.45, 7) is -0.303. The van der Waals surface area contributed by atoms with Crippen molar-refractivity contribution < 1.29 is 31.5 Å². The normalized spacial score (nSPS) is 16.4. The number of ether oxygens (including phenoxy) is 1. The van der Waals surface area contributed by atoms with E-state index >= 15 is 0 Å². The lowest BCUT2D eigenvalue weighted by molar-refractivity contribution is -0.137. The van der Waals surface area contributed by atoms with Crippen LogP contribution in [0.1, 0.15) is 28.8 Å². The van der Waals surface area contributed by atoms with E-state index in [1.807, 2.05) is 0 Å². The molecule has 3 rings (SSSR count). The van der Waals surface area contributed by atoms with Crippen LogP contribution in [-0.4, -0.2) is 47.0 Å². The van der Waals surface area contributed by atoms with Gasteiger partial charge in [0.15, 0.2) is 0 Å². The second-order valence-electron chi connectivity index (χ2n) is 6.31. The zero-order chi connectivity index (χ0) is 21.2. The van der Waals surface area contributed by atoms with Gasteiger partial charge in [0.1, 0.15) is 5.82 Å². The molecule has 0 aromatic carbocycles. The number of halogens is 5. The molecule has 1 fully saturated rings. The third-order valence-corrected chi connectivity index (χ3v) is 4.30. The Morgan fingerprint density at radius 3 is 2.55 bits per heavy atom. The molecule has 2 aromatic rings. The predicted octanol–water partition coefficient (Wildman–Crippen LogP) is 3.39. The fourth-order valence-electron chi connectivity index (χ4n) is 2.76. The van der Waals surface area contributed by atoms with E-state index in [2.05, 4.69) is 20.3 Å². The highest BCUT2D eigenvalue weighted by molar-refractivity contribution is 6.07.